The molecule has 0 radical (unpaired) electrons. The summed E-state index contributed by atoms with van der Waals surface area (Å²) in [5.41, 5.74) is 0.696. The van der Waals surface area contributed by atoms with Crippen molar-refractivity contribution in [3.05, 3.63) is 35.6 Å². The van der Waals surface area contributed by atoms with Gasteiger partial charge in [0.25, 0.3) is 0 Å². The van der Waals surface area contributed by atoms with Crippen molar-refractivity contribution in [2.75, 3.05) is 13.2 Å². The molecule has 2 amide bonds. The van der Waals surface area contributed by atoms with Gasteiger partial charge < -0.3 is 15.0 Å². The summed E-state index contributed by atoms with van der Waals surface area (Å²) in [5.74, 6) is -0.179. The zero-order chi connectivity index (χ0) is 19.1. The average Bonchev–Trinajstić information content (AvgIpc) is 3.17. The Morgan fingerprint density at radius 1 is 1.19 bits per heavy atom. The zero-order valence-electron chi connectivity index (χ0n) is 15.8. The molecule has 1 N–H and O–H groups in total. The average molecular weight is 393 g/mol. The Balaban J connectivity index is 1.42. The quantitative estimate of drug-likeness (QED) is 0.568. The van der Waals surface area contributed by atoms with E-state index in [0.29, 0.717) is 36.1 Å². The number of likely N-dealkylation sites (tertiary alicyclic amines) is 1. The summed E-state index contributed by atoms with van der Waals surface area (Å²) in [6.45, 7) is 1.17. The van der Waals surface area contributed by atoms with Gasteiger partial charge in [-0.15, -0.1) is 0 Å². The first-order valence-corrected chi connectivity index (χ1v) is 10.5. The fourth-order valence-electron chi connectivity index (χ4n) is 3.99. The summed E-state index contributed by atoms with van der Waals surface area (Å²) < 4.78 is 19.4. The van der Waals surface area contributed by atoms with Gasteiger partial charge in [-0.1, -0.05) is 37.5 Å². The summed E-state index contributed by atoms with van der Waals surface area (Å²) in [6.07, 6.45) is 8.90. The maximum Gasteiger partial charge on any atom is 0.318 e. The lowest BCUT2D eigenvalue weighted by atomic mass is 9.96. The van der Waals surface area contributed by atoms with Crippen LogP contribution in [0.1, 0.15) is 56.9 Å². The molecule has 1 heterocycles. The Bertz CT molecular complexity index is 649. The van der Waals surface area contributed by atoms with Crippen molar-refractivity contribution in [2.45, 2.75) is 69.9 Å². The minimum absolute atomic E-state index is 0.0123. The molecule has 148 valence electrons. The molecule has 1 aliphatic carbocycles. The molecule has 2 fully saturated rings. The second kappa shape index (κ2) is 10.0. The number of nitrogens with zero attached hydrogens (tertiary/aromatic N) is 1. The van der Waals surface area contributed by atoms with Gasteiger partial charge in [0.1, 0.15) is 11.9 Å². The fourth-order valence-corrected chi connectivity index (χ4v) is 4.32. The molecule has 1 saturated heterocycles. The Labute approximate surface area is 166 Å². The third kappa shape index (κ3) is 5.64. The van der Waals surface area contributed by atoms with Gasteiger partial charge in [0.05, 0.1) is 6.61 Å². The second-order valence-corrected chi connectivity index (χ2v) is 7.90. The van der Waals surface area contributed by atoms with E-state index in [1.165, 1.54) is 25.3 Å². The highest BCUT2D eigenvalue weighted by molar-refractivity contribution is 7.80. The van der Waals surface area contributed by atoms with Gasteiger partial charge >= 0.3 is 6.03 Å². The summed E-state index contributed by atoms with van der Waals surface area (Å²) in [5, 5.41) is 3.66. The fraction of sp³-hybridized carbons (Fsp3) is 0.619. The standard InChI is InChI=1S/C21H29FN2O2S/c22-18-12-5-4-8-16(18)9-7-15-26-20(27)19-13-6-14-24(19)21(25)23-17-10-2-1-3-11-17/h4-5,8,12,17,19H,1-3,6-7,9-11,13-15H2,(H,23,25)/t19-/m0/s1. The highest BCUT2D eigenvalue weighted by atomic mass is 32.1. The first-order valence-electron chi connectivity index (χ1n) is 10.1. The lowest BCUT2D eigenvalue weighted by Crippen LogP contribution is -2.49. The number of carbonyl (C=O) groups excluding carboxylic acids is 1. The van der Waals surface area contributed by atoms with E-state index in [4.69, 9.17) is 17.0 Å². The molecule has 6 heteroatoms. The van der Waals surface area contributed by atoms with E-state index in [1.807, 2.05) is 11.0 Å². The van der Waals surface area contributed by atoms with Crippen LogP contribution >= 0.6 is 12.2 Å². The number of nitrogens with one attached hydrogen (secondary N) is 1. The van der Waals surface area contributed by atoms with Crippen molar-refractivity contribution in [3.8, 4) is 0 Å². The minimum atomic E-state index is -0.179. The maximum atomic E-state index is 13.6. The van der Waals surface area contributed by atoms with Gasteiger partial charge in [0, 0.05) is 12.6 Å². The maximum absolute atomic E-state index is 13.6. The zero-order valence-corrected chi connectivity index (χ0v) is 16.6. The Hall–Kier alpha value is -1.69. The van der Waals surface area contributed by atoms with E-state index in [9.17, 15) is 9.18 Å². The van der Waals surface area contributed by atoms with Gasteiger partial charge in [-0.05, 0) is 62.4 Å². The van der Waals surface area contributed by atoms with Gasteiger partial charge in [-0.3, -0.25) is 0 Å². The topological polar surface area (TPSA) is 41.6 Å². The normalized spacial score (nSPS) is 20.5. The Morgan fingerprint density at radius 3 is 2.74 bits per heavy atom. The van der Waals surface area contributed by atoms with Crippen molar-refractivity contribution in [1.82, 2.24) is 10.2 Å². The molecule has 1 aromatic rings. The van der Waals surface area contributed by atoms with Crippen molar-refractivity contribution < 1.29 is 13.9 Å². The van der Waals surface area contributed by atoms with Crippen LogP contribution in [-0.4, -0.2) is 41.2 Å². The SMILES string of the molecule is O=C(NC1CCCCC1)N1CCC[C@H]1C(=S)OCCCc1ccccc1F. The van der Waals surface area contributed by atoms with Gasteiger partial charge in [-0.25, -0.2) is 9.18 Å². The Kier molecular flexibility index (Phi) is 7.44. The summed E-state index contributed by atoms with van der Waals surface area (Å²) >= 11 is 5.45. The minimum Gasteiger partial charge on any atom is -0.485 e. The van der Waals surface area contributed by atoms with Gasteiger partial charge in [0.2, 0.25) is 0 Å². The summed E-state index contributed by atoms with van der Waals surface area (Å²) in [6, 6.07) is 6.95. The van der Waals surface area contributed by atoms with Crippen molar-refractivity contribution >= 4 is 23.3 Å². The second-order valence-electron chi connectivity index (χ2n) is 7.50. The first-order chi connectivity index (χ1) is 13.1. The number of benzene rings is 1. The largest absolute Gasteiger partial charge is 0.485 e. The highest BCUT2D eigenvalue weighted by Crippen LogP contribution is 2.22. The summed E-state index contributed by atoms with van der Waals surface area (Å²) in [7, 11) is 0. The van der Waals surface area contributed by atoms with E-state index >= 15 is 0 Å². The first kappa shape index (κ1) is 20.1. The Morgan fingerprint density at radius 2 is 1.96 bits per heavy atom. The molecular formula is C21H29FN2O2S. The molecule has 1 atom stereocenters. The van der Waals surface area contributed by atoms with Crippen LogP contribution in [0, 0.1) is 5.82 Å². The lowest BCUT2D eigenvalue weighted by molar-refractivity contribution is 0.187. The van der Waals surface area contributed by atoms with Crippen LogP contribution < -0.4 is 5.32 Å². The number of aryl methyl sites for hydroxylation is 1. The lowest BCUT2D eigenvalue weighted by Gasteiger charge is -2.29. The molecule has 27 heavy (non-hydrogen) atoms. The molecule has 1 aromatic carbocycles. The predicted octanol–water partition coefficient (Wildman–Crippen LogP) is 4.61. The van der Waals surface area contributed by atoms with Crippen LogP contribution in [0.3, 0.4) is 0 Å². The number of rotatable bonds is 6. The predicted molar refractivity (Wildman–Crippen MR) is 108 cm³/mol. The van der Waals surface area contributed by atoms with E-state index < -0.39 is 0 Å². The number of urea groups is 1. The molecule has 1 aliphatic heterocycles. The smallest absolute Gasteiger partial charge is 0.318 e. The number of hydrogen-bond acceptors (Lipinski definition) is 3. The number of carbonyl (C=O) groups is 1. The molecule has 0 spiro atoms. The molecule has 4 nitrogen and oxygen atoms in total. The van der Waals surface area contributed by atoms with Crippen LogP contribution in [-0.2, 0) is 11.2 Å². The van der Waals surface area contributed by atoms with E-state index in [2.05, 4.69) is 5.32 Å². The summed E-state index contributed by atoms with van der Waals surface area (Å²) in [4.78, 5) is 14.5. The monoisotopic (exact) mass is 392 g/mol. The number of hydrogen-bond donors (Lipinski definition) is 1. The molecule has 1 saturated carbocycles. The number of halogens is 1. The third-order valence-corrected chi connectivity index (χ3v) is 5.90. The number of amides is 2. The number of ether oxygens (including phenoxy) is 1. The molecule has 0 aromatic heterocycles. The van der Waals surface area contributed by atoms with E-state index in [0.717, 1.165) is 32.2 Å². The van der Waals surface area contributed by atoms with E-state index in [-0.39, 0.29) is 17.9 Å². The van der Waals surface area contributed by atoms with E-state index in [1.54, 1.807) is 12.1 Å². The third-order valence-electron chi connectivity index (χ3n) is 5.51. The van der Waals surface area contributed by atoms with Gasteiger partial charge in [0.15, 0.2) is 5.05 Å². The molecular weight excluding hydrogens is 363 g/mol. The molecule has 3 rings (SSSR count). The number of thiocarbonyl (C=S) groups is 1. The van der Waals surface area contributed by atoms with Crippen molar-refractivity contribution in [1.29, 1.82) is 0 Å². The van der Waals surface area contributed by atoms with Crippen LogP contribution in [0.5, 0.6) is 0 Å². The van der Waals surface area contributed by atoms with Crippen LogP contribution in [0.25, 0.3) is 0 Å². The van der Waals surface area contributed by atoms with Crippen LogP contribution in [0.15, 0.2) is 24.3 Å². The molecule has 0 unspecified atom stereocenters. The van der Waals surface area contributed by atoms with Crippen LogP contribution in [0.4, 0.5) is 9.18 Å². The van der Waals surface area contributed by atoms with Gasteiger partial charge in [-0.2, -0.15) is 0 Å². The van der Waals surface area contributed by atoms with Crippen molar-refractivity contribution in [3.63, 3.8) is 0 Å². The van der Waals surface area contributed by atoms with Crippen LogP contribution in [0.2, 0.25) is 0 Å². The molecule has 0 bridgehead atoms. The van der Waals surface area contributed by atoms with Crippen molar-refractivity contribution in [2.24, 2.45) is 0 Å². The molecule has 2 aliphatic rings. The highest BCUT2D eigenvalue weighted by Gasteiger charge is 2.33.